The third-order valence-electron chi connectivity index (χ3n) is 4.22. The molecule has 108 valence electrons. The van der Waals surface area contributed by atoms with E-state index in [-0.39, 0.29) is 11.4 Å². The average Bonchev–Trinajstić information content (AvgIpc) is 3.23. The van der Waals surface area contributed by atoms with E-state index in [0.29, 0.717) is 6.61 Å². The quantitative estimate of drug-likeness (QED) is 0.843. The summed E-state index contributed by atoms with van der Waals surface area (Å²) < 4.78 is 6.81. The molecule has 3 rings (SSSR count). The number of ether oxygens (including phenoxy) is 1. The van der Waals surface area contributed by atoms with Crippen molar-refractivity contribution < 1.29 is 9.53 Å². The Morgan fingerprint density at radius 2 is 1.95 bits per heavy atom. The lowest BCUT2D eigenvalue weighted by Gasteiger charge is -2.39. The van der Waals surface area contributed by atoms with E-state index >= 15 is 0 Å². The van der Waals surface area contributed by atoms with E-state index in [4.69, 9.17) is 4.74 Å². The van der Waals surface area contributed by atoms with Crippen LogP contribution in [0.2, 0.25) is 0 Å². The molecule has 1 heterocycles. The molecule has 1 aromatic rings. The highest BCUT2D eigenvalue weighted by Gasteiger charge is 2.57. The molecule has 0 radical (unpaired) electrons. The molecule has 0 atom stereocenters. The summed E-state index contributed by atoms with van der Waals surface area (Å²) in [5, 5.41) is 0. The Hall–Kier alpha value is -1.07. The minimum atomic E-state index is -0.198. The van der Waals surface area contributed by atoms with E-state index in [1.165, 1.54) is 0 Å². The summed E-state index contributed by atoms with van der Waals surface area (Å²) in [6.45, 7) is 3.21. The third kappa shape index (κ3) is 2.56. The van der Waals surface area contributed by atoms with Crippen LogP contribution in [0, 0.1) is 0 Å². The van der Waals surface area contributed by atoms with Crippen LogP contribution in [0.4, 0.5) is 0 Å². The van der Waals surface area contributed by atoms with Gasteiger partial charge < -0.3 is 9.64 Å². The van der Waals surface area contributed by atoms with Gasteiger partial charge in [0.25, 0.3) is 0 Å². The first-order valence-corrected chi connectivity index (χ1v) is 7.80. The van der Waals surface area contributed by atoms with Crippen molar-refractivity contribution in [2.45, 2.75) is 18.4 Å². The molecule has 5 heteroatoms. The van der Waals surface area contributed by atoms with Gasteiger partial charge in [-0.3, -0.25) is 9.69 Å². The van der Waals surface area contributed by atoms with Crippen molar-refractivity contribution in [2.24, 2.45) is 0 Å². The van der Waals surface area contributed by atoms with Crippen molar-refractivity contribution >= 4 is 21.8 Å². The number of carbonyl (C=O) groups is 1. The number of carbonyl (C=O) groups excluding carboxylic acids is 1. The number of hydrogen-bond acceptors (Lipinski definition) is 3. The van der Waals surface area contributed by atoms with Gasteiger partial charge in [-0.25, -0.2) is 0 Å². The second-order valence-corrected chi connectivity index (χ2v) is 6.46. The molecule has 1 aliphatic carbocycles. The van der Waals surface area contributed by atoms with Crippen molar-refractivity contribution in [1.82, 2.24) is 9.80 Å². The van der Waals surface area contributed by atoms with Crippen LogP contribution in [0.1, 0.15) is 12.8 Å². The number of nitrogens with zero attached hydrogens (tertiary/aromatic N) is 2. The fourth-order valence-corrected chi connectivity index (χ4v) is 3.12. The van der Waals surface area contributed by atoms with Crippen LogP contribution < -0.4 is 4.74 Å². The predicted molar refractivity (Wildman–Crippen MR) is 80.8 cm³/mol. The molecule has 2 fully saturated rings. The number of benzene rings is 1. The van der Waals surface area contributed by atoms with Crippen molar-refractivity contribution in [3.8, 4) is 5.75 Å². The SMILES string of the molecule is CN1CCN(CCOc2ccc(Br)cc2)C2(CC2)C1=O. The van der Waals surface area contributed by atoms with Crippen LogP contribution in [0.25, 0.3) is 0 Å². The van der Waals surface area contributed by atoms with Gasteiger partial charge in [0.2, 0.25) is 5.91 Å². The van der Waals surface area contributed by atoms with Crippen molar-refractivity contribution in [3.63, 3.8) is 0 Å². The molecule has 1 saturated heterocycles. The average molecular weight is 339 g/mol. The Morgan fingerprint density at radius 1 is 1.25 bits per heavy atom. The first-order chi connectivity index (χ1) is 9.62. The van der Waals surface area contributed by atoms with E-state index in [2.05, 4.69) is 20.8 Å². The molecule has 1 amide bonds. The van der Waals surface area contributed by atoms with Gasteiger partial charge in [-0.05, 0) is 37.1 Å². The van der Waals surface area contributed by atoms with E-state index < -0.39 is 0 Å². The predicted octanol–water partition coefficient (Wildman–Crippen LogP) is 2.13. The fourth-order valence-electron chi connectivity index (χ4n) is 2.86. The van der Waals surface area contributed by atoms with Gasteiger partial charge in [0.05, 0.1) is 0 Å². The molecule has 1 saturated carbocycles. The zero-order chi connectivity index (χ0) is 14.2. The largest absolute Gasteiger partial charge is 0.492 e. The summed E-state index contributed by atoms with van der Waals surface area (Å²) >= 11 is 3.41. The molecule has 0 bridgehead atoms. The van der Waals surface area contributed by atoms with Crippen LogP contribution in [-0.4, -0.2) is 54.5 Å². The Balaban J connectivity index is 1.54. The molecule has 0 N–H and O–H groups in total. The van der Waals surface area contributed by atoms with E-state index in [9.17, 15) is 4.79 Å². The van der Waals surface area contributed by atoms with Gasteiger partial charge in [-0.1, -0.05) is 15.9 Å². The Bertz CT molecular complexity index is 499. The number of halogens is 1. The number of likely N-dealkylation sites (N-methyl/N-ethyl adjacent to an activating group) is 1. The van der Waals surface area contributed by atoms with Gasteiger partial charge in [-0.15, -0.1) is 0 Å². The topological polar surface area (TPSA) is 32.8 Å². The molecule has 0 aromatic heterocycles. The minimum Gasteiger partial charge on any atom is -0.492 e. The zero-order valence-electron chi connectivity index (χ0n) is 11.6. The molecule has 1 aromatic carbocycles. The highest BCUT2D eigenvalue weighted by molar-refractivity contribution is 9.10. The monoisotopic (exact) mass is 338 g/mol. The molecule has 4 nitrogen and oxygen atoms in total. The lowest BCUT2D eigenvalue weighted by molar-refractivity contribution is -0.142. The van der Waals surface area contributed by atoms with Crippen molar-refractivity contribution in [3.05, 3.63) is 28.7 Å². The van der Waals surface area contributed by atoms with Crippen molar-refractivity contribution in [1.29, 1.82) is 0 Å². The summed E-state index contributed by atoms with van der Waals surface area (Å²) in [5.74, 6) is 1.16. The van der Waals surface area contributed by atoms with Crippen LogP contribution in [0.15, 0.2) is 28.7 Å². The molecule has 20 heavy (non-hydrogen) atoms. The normalized spacial score (nSPS) is 21.3. The minimum absolute atomic E-state index is 0.198. The van der Waals surface area contributed by atoms with Gasteiger partial charge in [0.15, 0.2) is 0 Å². The lowest BCUT2D eigenvalue weighted by Crippen LogP contribution is -2.58. The standard InChI is InChI=1S/C15H19BrN2O2/c1-17-8-9-18(15(6-7-15)14(17)19)10-11-20-13-4-2-12(16)3-5-13/h2-5H,6-11H2,1H3. The van der Waals surface area contributed by atoms with E-state index in [0.717, 1.165) is 42.7 Å². The highest BCUT2D eigenvalue weighted by atomic mass is 79.9. The van der Waals surface area contributed by atoms with Gasteiger partial charge in [0.1, 0.15) is 17.9 Å². The Labute approximate surface area is 127 Å². The van der Waals surface area contributed by atoms with Crippen LogP contribution in [0.5, 0.6) is 5.75 Å². The van der Waals surface area contributed by atoms with Gasteiger partial charge >= 0.3 is 0 Å². The maximum absolute atomic E-state index is 12.2. The summed E-state index contributed by atoms with van der Waals surface area (Å²) in [4.78, 5) is 16.4. The van der Waals surface area contributed by atoms with Crippen LogP contribution in [0.3, 0.4) is 0 Å². The third-order valence-corrected chi connectivity index (χ3v) is 4.75. The molecule has 1 aliphatic heterocycles. The van der Waals surface area contributed by atoms with Crippen LogP contribution >= 0.6 is 15.9 Å². The summed E-state index contributed by atoms with van der Waals surface area (Å²) in [6, 6.07) is 7.84. The zero-order valence-corrected chi connectivity index (χ0v) is 13.2. The number of rotatable bonds is 4. The molecular weight excluding hydrogens is 320 g/mol. The van der Waals surface area contributed by atoms with E-state index in [1.807, 2.05) is 36.2 Å². The van der Waals surface area contributed by atoms with E-state index in [1.54, 1.807) is 0 Å². The lowest BCUT2D eigenvalue weighted by atomic mass is 10.1. The first kappa shape index (κ1) is 13.9. The van der Waals surface area contributed by atoms with Gasteiger partial charge in [0, 0.05) is 31.2 Å². The fraction of sp³-hybridized carbons (Fsp3) is 0.533. The number of hydrogen-bond donors (Lipinski definition) is 0. The number of piperazine rings is 1. The van der Waals surface area contributed by atoms with Crippen molar-refractivity contribution in [2.75, 3.05) is 33.3 Å². The number of amides is 1. The van der Waals surface area contributed by atoms with Crippen LogP contribution in [-0.2, 0) is 4.79 Å². The summed E-state index contributed by atoms with van der Waals surface area (Å²) in [6.07, 6.45) is 1.99. The summed E-state index contributed by atoms with van der Waals surface area (Å²) in [7, 11) is 1.90. The maximum Gasteiger partial charge on any atom is 0.242 e. The van der Waals surface area contributed by atoms with Gasteiger partial charge in [-0.2, -0.15) is 0 Å². The molecule has 1 spiro atoms. The first-order valence-electron chi connectivity index (χ1n) is 7.01. The Kier molecular flexibility index (Phi) is 3.73. The Morgan fingerprint density at radius 3 is 2.60 bits per heavy atom. The highest BCUT2D eigenvalue weighted by Crippen LogP contribution is 2.44. The molecule has 2 aliphatic rings. The maximum atomic E-state index is 12.2. The summed E-state index contributed by atoms with van der Waals surface area (Å²) in [5.41, 5.74) is -0.198. The second-order valence-electron chi connectivity index (χ2n) is 5.55. The smallest absolute Gasteiger partial charge is 0.242 e. The molecule has 0 unspecified atom stereocenters. The molecular formula is C15H19BrN2O2. The second kappa shape index (κ2) is 5.37.